The van der Waals surface area contributed by atoms with E-state index in [4.69, 9.17) is 9.47 Å². The lowest BCUT2D eigenvalue weighted by Gasteiger charge is -2.06. The standard InChI is InChI=1S/C24H23NO4/c1-3-25-24(27)16-29-21-10-4-17(5-11-21)6-13-23(26)20-8-7-19-15-22(28-2)12-9-18(19)14-20/h4-15H,3,16H2,1-2H3,(H,25,27)/b13-6+. The maximum atomic E-state index is 12.5. The van der Waals surface area contributed by atoms with Crippen molar-refractivity contribution in [2.45, 2.75) is 6.92 Å². The molecule has 148 valence electrons. The number of amides is 1. The SMILES string of the molecule is CCNC(=O)COc1ccc(/C=C/C(=O)c2ccc3cc(OC)ccc3c2)cc1. The molecule has 0 spiro atoms. The predicted octanol–water partition coefficient (Wildman–Crippen LogP) is 4.26. The van der Waals surface area contributed by atoms with Crippen LogP contribution in [0.15, 0.2) is 66.7 Å². The van der Waals surface area contributed by atoms with E-state index in [2.05, 4.69) is 5.32 Å². The number of ether oxygens (including phenoxy) is 2. The van der Waals surface area contributed by atoms with Gasteiger partial charge in [-0.1, -0.05) is 36.4 Å². The normalized spacial score (nSPS) is 10.8. The summed E-state index contributed by atoms with van der Waals surface area (Å²) in [6, 6.07) is 18.6. The van der Waals surface area contributed by atoms with Crippen molar-refractivity contribution in [3.8, 4) is 11.5 Å². The Morgan fingerprint density at radius 2 is 1.62 bits per heavy atom. The minimum absolute atomic E-state index is 0.0185. The van der Waals surface area contributed by atoms with Gasteiger partial charge in [-0.3, -0.25) is 9.59 Å². The summed E-state index contributed by atoms with van der Waals surface area (Å²) in [5, 5.41) is 4.68. The number of fused-ring (bicyclic) bond motifs is 1. The number of rotatable bonds is 8. The van der Waals surface area contributed by atoms with Crippen LogP contribution in [0.1, 0.15) is 22.8 Å². The number of ketones is 1. The van der Waals surface area contributed by atoms with Gasteiger partial charge in [-0.15, -0.1) is 0 Å². The fourth-order valence-corrected chi connectivity index (χ4v) is 2.84. The molecule has 0 aliphatic carbocycles. The van der Waals surface area contributed by atoms with Crippen LogP contribution in [0.3, 0.4) is 0 Å². The fraction of sp³-hybridized carbons (Fsp3) is 0.167. The summed E-state index contributed by atoms with van der Waals surface area (Å²) in [5.41, 5.74) is 1.50. The summed E-state index contributed by atoms with van der Waals surface area (Å²) in [5.74, 6) is 1.16. The summed E-state index contributed by atoms with van der Waals surface area (Å²) in [6.45, 7) is 2.41. The Kier molecular flexibility index (Phi) is 6.63. The number of methoxy groups -OCH3 is 1. The van der Waals surface area contributed by atoms with Crippen molar-refractivity contribution in [3.63, 3.8) is 0 Å². The van der Waals surface area contributed by atoms with Crippen molar-refractivity contribution < 1.29 is 19.1 Å². The molecule has 0 saturated heterocycles. The number of hydrogen-bond donors (Lipinski definition) is 1. The highest BCUT2D eigenvalue weighted by atomic mass is 16.5. The van der Waals surface area contributed by atoms with E-state index in [0.717, 1.165) is 22.1 Å². The highest BCUT2D eigenvalue weighted by molar-refractivity contribution is 6.08. The Morgan fingerprint density at radius 1 is 0.931 bits per heavy atom. The summed E-state index contributed by atoms with van der Waals surface area (Å²) >= 11 is 0. The molecule has 1 N–H and O–H groups in total. The Morgan fingerprint density at radius 3 is 2.34 bits per heavy atom. The number of carbonyl (C=O) groups is 2. The molecular weight excluding hydrogens is 366 g/mol. The zero-order chi connectivity index (χ0) is 20.6. The van der Waals surface area contributed by atoms with Gasteiger partial charge in [0, 0.05) is 12.1 Å². The Balaban J connectivity index is 1.64. The molecule has 0 aliphatic rings. The molecule has 5 nitrogen and oxygen atoms in total. The van der Waals surface area contributed by atoms with E-state index in [0.29, 0.717) is 17.9 Å². The van der Waals surface area contributed by atoms with Crippen LogP contribution in [0.2, 0.25) is 0 Å². The quantitative estimate of drug-likeness (QED) is 0.462. The van der Waals surface area contributed by atoms with Crippen molar-refractivity contribution in [3.05, 3.63) is 77.9 Å². The van der Waals surface area contributed by atoms with Crippen molar-refractivity contribution in [2.75, 3.05) is 20.3 Å². The van der Waals surface area contributed by atoms with Gasteiger partial charge in [-0.25, -0.2) is 0 Å². The van der Waals surface area contributed by atoms with Crippen LogP contribution in [0.4, 0.5) is 0 Å². The summed E-state index contributed by atoms with van der Waals surface area (Å²) < 4.78 is 10.6. The molecule has 5 heteroatoms. The number of hydrogen-bond acceptors (Lipinski definition) is 4. The maximum Gasteiger partial charge on any atom is 0.257 e. The second-order valence-electron chi connectivity index (χ2n) is 6.44. The Labute approximate surface area is 170 Å². The van der Waals surface area contributed by atoms with Crippen LogP contribution in [-0.2, 0) is 4.79 Å². The lowest BCUT2D eigenvalue weighted by molar-refractivity contribution is -0.122. The molecule has 0 fully saturated rings. The van der Waals surface area contributed by atoms with E-state index >= 15 is 0 Å². The van der Waals surface area contributed by atoms with Crippen molar-refractivity contribution >= 4 is 28.5 Å². The second-order valence-corrected chi connectivity index (χ2v) is 6.44. The van der Waals surface area contributed by atoms with E-state index in [-0.39, 0.29) is 18.3 Å². The smallest absolute Gasteiger partial charge is 0.257 e. The van der Waals surface area contributed by atoms with Gasteiger partial charge in [-0.2, -0.15) is 0 Å². The van der Waals surface area contributed by atoms with Crippen LogP contribution in [0.25, 0.3) is 16.8 Å². The van der Waals surface area contributed by atoms with Gasteiger partial charge in [0.1, 0.15) is 11.5 Å². The minimum atomic E-state index is -0.157. The van der Waals surface area contributed by atoms with Crippen molar-refractivity contribution in [1.82, 2.24) is 5.32 Å². The zero-order valence-electron chi connectivity index (χ0n) is 16.5. The highest BCUT2D eigenvalue weighted by Crippen LogP contribution is 2.22. The van der Waals surface area contributed by atoms with Crippen molar-refractivity contribution in [2.24, 2.45) is 0 Å². The van der Waals surface area contributed by atoms with Crippen molar-refractivity contribution in [1.29, 1.82) is 0 Å². The molecule has 3 aromatic rings. The third-order valence-corrected chi connectivity index (χ3v) is 4.38. The molecule has 0 aliphatic heterocycles. The average molecular weight is 389 g/mol. The van der Waals surface area contributed by atoms with E-state index in [1.54, 1.807) is 31.4 Å². The van der Waals surface area contributed by atoms with E-state index in [1.807, 2.05) is 55.5 Å². The van der Waals surface area contributed by atoms with Crippen LogP contribution in [0.5, 0.6) is 11.5 Å². The average Bonchev–Trinajstić information content (AvgIpc) is 2.76. The van der Waals surface area contributed by atoms with Gasteiger partial charge in [0.2, 0.25) is 0 Å². The predicted molar refractivity (Wildman–Crippen MR) is 114 cm³/mol. The molecular formula is C24H23NO4. The number of likely N-dealkylation sites (N-methyl/N-ethyl adjacent to an activating group) is 1. The molecule has 29 heavy (non-hydrogen) atoms. The Bertz CT molecular complexity index is 1040. The number of nitrogens with one attached hydrogen (secondary N) is 1. The van der Waals surface area contributed by atoms with Gasteiger partial charge in [0.25, 0.3) is 5.91 Å². The van der Waals surface area contributed by atoms with Gasteiger partial charge in [0.15, 0.2) is 12.4 Å². The molecule has 1 amide bonds. The van der Waals surface area contributed by atoms with Crippen LogP contribution >= 0.6 is 0 Å². The summed E-state index contributed by atoms with van der Waals surface area (Å²) in [4.78, 5) is 23.9. The largest absolute Gasteiger partial charge is 0.497 e. The first-order chi connectivity index (χ1) is 14.1. The first-order valence-corrected chi connectivity index (χ1v) is 9.39. The van der Waals surface area contributed by atoms with E-state index in [9.17, 15) is 9.59 Å². The van der Waals surface area contributed by atoms with Gasteiger partial charge >= 0.3 is 0 Å². The first kappa shape index (κ1) is 20.1. The second kappa shape index (κ2) is 9.55. The Hall–Kier alpha value is -3.60. The zero-order valence-corrected chi connectivity index (χ0v) is 16.5. The molecule has 3 rings (SSSR count). The number of benzene rings is 3. The summed E-state index contributed by atoms with van der Waals surface area (Å²) in [6.07, 6.45) is 3.31. The topological polar surface area (TPSA) is 64.6 Å². The van der Waals surface area contributed by atoms with Gasteiger partial charge in [0.05, 0.1) is 7.11 Å². The number of carbonyl (C=O) groups excluding carboxylic acids is 2. The van der Waals surface area contributed by atoms with E-state index in [1.165, 1.54) is 0 Å². The molecule has 0 unspecified atom stereocenters. The third kappa shape index (κ3) is 5.45. The van der Waals surface area contributed by atoms with Gasteiger partial charge < -0.3 is 14.8 Å². The molecule has 3 aromatic carbocycles. The van der Waals surface area contributed by atoms with Crippen LogP contribution in [-0.4, -0.2) is 32.0 Å². The van der Waals surface area contributed by atoms with Crippen LogP contribution in [0, 0.1) is 0 Å². The first-order valence-electron chi connectivity index (χ1n) is 9.39. The lowest BCUT2D eigenvalue weighted by Crippen LogP contribution is -2.28. The van der Waals surface area contributed by atoms with Crippen LogP contribution < -0.4 is 14.8 Å². The van der Waals surface area contributed by atoms with E-state index < -0.39 is 0 Å². The maximum absolute atomic E-state index is 12.5. The fourth-order valence-electron chi connectivity index (χ4n) is 2.84. The molecule has 0 saturated carbocycles. The summed E-state index contributed by atoms with van der Waals surface area (Å²) in [7, 11) is 1.63. The minimum Gasteiger partial charge on any atom is -0.497 e. The third-order valence-electron chi connectivity index (χ3n) is 4.38. The lowest BCUT2D eigenvalue weighted by atomic mass is 10.0. The monoisotopic (exact) mass is 389 g/mol. The molecule has 0 atom stereocenters. The molecule has 0 aromatic heterocycles. The highest BCUT2D eigenvalue weighted by Gasteiger charge is 2.05. The molecule has 0 radical (unpaired) electrons. The number of allylic oxidation sites excluding steroid dienone is 1. The molecule has 0 heterocycles. The van der Waals surface area contributed by atoms with Gasteiger partial charge in [-0.05, 0) is 59.7 Å². The molecule has 0 bridgehead atoms.